The highest BCUT2D eigenvalue weighted by Crippen LogP contribution is 2.46. The van der Waals surface area contributed by atoms with Gasteiger partial charge in [-0.3, -0.25) is 36.8 Å². The number of fused-ring (bicyclic) bond motifs is 12. The van der Waals surface area contributed by atoms with Gasteiger partial charge in [-0.1, -0.05) is 12.1 Å². The molecule has 106 heavy (non-hydrogen) atoms. The number of pyridine rings is 2. The van der Waals surface area contributed by atoms with E-state index in [-0.39, 0.29) is 131 Å². The van der Waals surface area contributed by atoms with E-state index in [1.807, 2.05) is 4.40 Å². The number of likely N-dealkylation sites (tertiary alicyclic amines) is 1. The molecule has 0 radical (unpaired) electrons. The van der Waals surface area contributed by atoms with E-state index in [1.165, 1.54) is 113 Å². The molecule has 14 aromatic rings. The van der Waals surface area contributed by atoms with Crippen molar-refractivity contribution in [2.75, 3.05) is 69.4 Å². The highest BCUT2D eigenvalue weighted by Gasteiger charge is 2.39. The van der Waals surface area contributed by atoms with E-state index >= 15 is 17.2 Å². The molecule has 0 aliphatic carbocycles. The maximum atomic E-state index is 16.5. The molecule has 542 valence electrons. The Morgan fingerprint density at radius 3 is 1.60 bits per heavy atom. The highest BCUT2D eigenvalue weighted by atomic mass is 32.2. The Labute approximate surface area is 604 Å². The lowest BCUT2D eigenvalue weighted by molar-refractivity contribution is -0.0655. The van der Waals surface area contributed by atoms with E-state index in [9.17, 15) is 31.9 Å². The van der Waals surface area contributed by atoms with Crippen molar-refractivity contribution in [2.45, 2.75) is 64.2 Å². The maximum Gasteiger partial charge on any atom is 0.255 e. The molecule has 0 bridgehead atoms. The van der Waals surface area contributed by atoms with Crippen LogP contribution in [0.5, 0.6) is 0 Å². The summed E-state index contributed by atoms with van der Waals surface area (Å²) in [5.41, 5.74) is 2.66. The largest absolute Gasteiger partial charge is 0.455 e. The van der Waals surface area contributed by atoms with Gasteiger partial charge in [0.25, 0.3) is 11.8 Å². The summed E-state index contributed by atoms with van der Waals surface area (Å²) in [5, 5.41) is 17.3. The van der Waals surface area contributed by atoms with Gasteiger partial charge in [0, 0.05) is 115 Å². The molecule has 2 aliphatic heterocycles. The smallest absolute Gasteiger partial charge is 0.255 e. The van der Waals surface area contributed by atoms with Crippen molar-refractivity contribution < 1.29 is 62.7 Å². The molecule has 28 heteroatoms. The first-order chi connectivity index (χ1) is 50.5. The van der Waals surface area contributed by atoms with Gasteiger partial charge in [0.1, 0.15) is 68.6 Å². The molecule has 8 aromatic heterocycles. The number of aromatic nitrogens is 6. The number of carbonyl (C=O) groups is 2. The minimum absolute atomic E-state index is 0.00388. The second-order valence-corrected chi connectivity index (χ2v) is 32.0. The molecule has 10 heterocycles. The lowest BCUT2D eigenvalue weighted by Gasteiger charge is -2.45. The fourth-order valence-electron chi connectivity index (χ4n) is 14.9. The lowest BCUT2D eigenvalue weighted by atomic mass is 9.84. The number of hydrogen-bond acceptors (Lipinski definition) is 16. The maximum absolute atomic E-state index is 16.5. The number of halogens is 4. The summed E-state index contributed by atoms with van der Waals surface area (Å²) in [6.07, 6.45) is 0.984. The van der Waals surface area contributed by atoms with Crippen molar-refractivity contribution in [3.05, 3.63) is 191 Å². The Kier molecular flexibility index (Phi) is 16.9. The van der Waals surface area contributed by atoms with Crippen LogP contribution in [0.2, 0.25) is 0 Å². The van der Waals surface area contributed by atoms with Gasteiger partial charge < -0.3 is 29.3 Å². The Balaban J connectivity index is 0.936. The number of morpholine rings is 1. The van der Waals surface area contributed by atoms with Crippen LogP contribution in [-0.2, 0) is 43.6 Å². The number of hydrogen-bond donors (Lipinski definition) is 3. The number of furan rings is 2. The number of rotatable bonds is 17. The van der Waals surface area contributed by atoms with Crippen LogP contribution >= 0.6 is 0 Å². The van der Waals surface area contributed by atoms with Crippen molar-refractivity contribution >= 4 is 120 Å². The van der Waals surface area contributed by atoms with Crippen LogP contribution in [0, 0.1) is 29.2 Å². The van der Waals surface area contributed by atoms with Crippen molar-refractivity contribution in [1.29, 1.82) is 0 Å². The second-order valence-electron chi connectivity index (χ2n) is 28.0. The van der Waals surface area contributed by atoms with Gasteiger partial charge in [0.15, 0.2) is 0 Å². The van der Waals surface area contributed by atoms with Gasteiger partial charge in [-0.05, 0) is 149 Å². The van der Waals surface area contributed by atoms with E-state index in [0.717, 1.165) is 14.9 Å². The molecule has 0 spiro atoms. The number of nitrogens with zero attached hydrogens (tertiary/aromatic N) is 10. The van der Waals surface area contributed by atoms with Crippen LogP contribution in [0.4, 0.5) is 28.9 Å². The van der Waals surface area contributed by atoms with Crippen LogP contribution in [0.25, 0.3) is 122 Å². The van der Waals surface area contributed by atoms with Crippen molar-refractivity contribution in [2.24, 2.45) is 5.92 Å². The topological polar surface area (TPSA) is 256 Å². The normalized spacial score (nSPS) is 15.9. The van der Waals surface area contributed by atoms with E-state index in [1.54, 1.807) is 72.8 Å². The summed E-state index contributed by atoms with van der Waals surface area (Å²) in [5.74, 6) is -3.36. The zero-order chi connectivity index (χ0) is 74.5. The third kappa shape index (κ3) is 11.8. The van der Waals surface area contributed by atoms with E-state index in [2.05, 4.69) is 34.3 Å². The number of nitrogens with one attached hydrogen (secondary N) is 2. The number of anilines is 2. The number of ether oxygens (including phenoxy) is 1. The third-order valence-electron chi connectivity index (χ3n) is 20.7. The van der Waals surface area contributed by atoms with Gasteiger partial charge in [0.2, 0.25) is 20.0 Å². The molecule has 0 saturated carbocycles. The molecule has 2 aliphatic rings. The minimum Gasteiger partial charge on any atom is -0.455 e. The fourth-order valence-corrected chi connectivity index (χ4v) is 16.6. The number of aliphatic hydroxyl groups is 1. The van der Waals surface area contributed by atoms with Crippen LogP contribution in [0.3, 0.4) is 0 Å². The zero-order valence-electron chi connectivity index (χ0n) is 58.9. The summed E-state index contributed by atoms with van der Waals surface area (Å²) in [7, 11) is -3.51. The summed E-state index contributed by atoms with van der Waals surface area (Å²) >= 11 is 0. The van der Waals surface area contributed by atoms with Crippen LogP contribution in [0.15, 0.2) is 148 Å². The predicted octanol–water partition coefficient (Wildman–Crippen LogP) is 13.0. The van der Waals surface area contributed by atoms with Crippen molar-refractivity contribution in [3.8, 4) is 45.2 Å². The number of amides is 2. The molecule has 2 unspecified atom stereocenters. The molecule has 16 rings (SSSR count). The number of sulfonamides is 2. The summed E-state index contributed by atoms with van der Waals surface area (Å²) in [6, 6.07) is 34.2. The Bertz CT molecular complexity index is 6260. The molecule has 2 saturated heterocycles. The van der Waals surface area contributed by atoms with Gasteiger partial charge in [0.05, 0.1) is 111 Å². The van der Waals surface area contributed by atoms with E-state index in [0.29, 0.717) is 88.6 Å². The minimum atomic E-state index is -4.84. The first-order valence-electron chi connectivity index (χ1n) is 34.2. The monoisotopic (exact) mass is 1470 g/mol. The van der Waals surface area contributed by atoms with Gasteiger partial charge in [-0.15, -0.1) is 0 Å². The molecular weight excluding hydrogens is 1410 g/mol. The molecule has 2 amide bonds. The second kappa shape index (κ2) is 25.7. The summed E-state index contributed by atoms with van der Waals surface area (Å²) < 4.78 is 147. The molecule has 3 N–H and O–H groups in total. The average Bonchev–Trinajstić information content (AvgIpc) is 1.49. The highest BCUT2D eigenvalue weighted by molar-refractivity contribution is 7.92. The Hall–Kier alpha value is -10.9. The molecular formula is C78H70F4N12O10S2. The van der Waals surface area contributed by atoms with Crippen LogP contribution in [0.1, 0.15) is 65.6 Å². The summed E-state index contributed by atoms with van der Waals surface area (Å²) in [4.78, 5) is 54.0. The average molecular weight is 1480 g/mol. The van der Waals surface area contributed by atoms with Crippen LogP contribution in [-0.4, -0.2) is 151 Å². The Morgan fingerprint density at radius 1 is 0.585 bits per heavy atom. The Morgan fingerprint density at radius 2 is 1.08 bits per heavy atom. The molecule has 2 fully saturated rings. The third-order valence-corrected chi connectivity index (χ3v) is 23.6. The number of benzene rings is 6. The van der Waals surface area contributed by atoms with Crippen molar-refractivity contribution in [1.82, 2.24) is 49.2 Å². The summed E-state index contributed by atoms with van der Waals surface area (Å²) in [6.45, 7) is 10.0. The van der Waals surface area contributed by atoms with E-state index in [4.69, 9.17) is 33.5 Å². The first kappa shape index (κ1) is 69.5. The van der Waals surface area contributed by atoms with Gasteiger partial charge in [-0.2, -0.15) is 0 Å². The SMILES string of the molecule is CNC(=O)c1c(-c2ccc(F)cc2)oc2cc(N(C)S(C)(=O)=O)c(-c3cc(CS(=O)(=O)N(C)c4cc5oc(-c6ccc(F)cc6)c(C(=O)NC)c5cc4-c4ccc5nc(CN6C(C)COCC6C)n6c7cccc(F)c7cc6c5n4)c4nc(CN5CC(C(C)(C)O)C5)n5c6cccc(F)c6cc5c4n3)cc12. The van der Waals surface area contributed by atoms with E-state index < -0.39 is 66.5 Å². The molecule has 6 aromatic carbocycles. The van der Waals surface area contributed by atoms with Crippen LogP contribution < -0.4 is 19.2 Å². The quantitative estimate of drug-likeness (QED) is 0.0716. The lowest BCUT2D eigenvalue weighted by Crippen LogP contribution is -2.55. The molecule has 22 nitrogen and oxygen atoms in total. The first-order valence-corrected chi connectivity index (χ1v) is 37.7. The van der Waals surface area contributed by atoms with Gasteiger partial charge in [-0.25, -0.2) is 54.3 Å². The van der Waals surface area contributed by atoms with Crippen molar-refractivity contribution in [3.63, 3.8) is 0 Å². The fraction of sp³-hybridized carbons (Fsp3) is 0.256. The number of carbonyl (C=O) groups excluding carboxylic acids is 2. The predicted molar refractivity (Wildman–Crippen MR) is 399 cm³/mol. The standard InChI is InChI=1S/C78H70F4N12O10S2/c1-40-37-102-38-41(2)92(40)36-68-85-57-25-24-56(86-72(57)63-29-48-54(81)12-10-14-59(48)93(63)68)50-27-52-66(104-74(69(52)76(95)83-5)42-16-20-46(79)21-17-42)32-62(50)90(8)106(100,101)39-44-26-58(51-28-53-65(31-61(51)89(7)105(9,98)99)103-75(70(53)77(96)84-6)43-18-22-47(80)23-19-43)87-73-64-30-49-55(82)13-11-15-60(49)94(64)67(88-71(44)73)35-91-33-45(34-91)78(3,4)97/h10-32,40-41,45,97H,33-39H2,1-9H3,(H,83,95)(H,84,96). The molecule has 2 atom stereocenters. The zero-order valence-corrected chi connectivity index (χ0v) is 60.5. The van der Waals surface area contributed by atoms with Gasteiger partial charge >= 0.3 is 0 Å².